The summed E-state index contributed by atoms with van der Waals surface area (Å²) in [5.41, 5.74) is 4.30. The van der Waals surface area contributed by atoms with Crippen LogP contribution in [0.15, 0.2) is 47.3 Å². The summed E-state index contributed by atoms with van der Waals surface area (Å²) < 4.78 is 4.27. The van der Waals surface area contributed by atoms with E-state index in [-0.39, 0.29) is 30.0 Å². The van der Waals surface area contributed by atoms with E-state index < -0.39 is 11.9 Å². The summed E-state index contributed by atoms with van der Waals surface area (Å²) in [5.74, 6) is 1.59. The van der Waals surface area contributed by atoms with Crippen LogP contribution in [0.2, 0.25) is 0 Å². The SMILES string of the molecule is C[C@@H]1CNc2c(sc3ccc4nc(N5CCN([C@H]6C[C@@H]7CN(c8ccc9c(c8)n(C)c(=O)n9C8CCC(=O)NC8=O)C[C@@H]7C6)CC5)ccc4c23)C(=O)N1. The summed E-state index contributed by atoms with van der Waals surface area (Å²) in [7, 11) is 1.76. The van der Waals surface area contributed by atoms with Gasteiger partial charge in [-0.3, -0.25) is 33.7 Å². The second-order valence-corrected chi connectivity index (χ2v) is 16.7. The lowest BCUT2D eigenvalue weighted by Crippen LogP contribution is -2.50. The van der Waals surface area contributed by atoms with Gasteiger partial charge in [0.25, 0.3) is 5.91 Å². The van der Waals surface area contributed by atoms with Gasteiger partial charge in [-0.1, -0.05) is 0 Å². The van der Waals surface area contributed by atoms with Crippen LogP contribution in [-0.2, 0) is 16.6 Å². The van der Waals surface area contributed by atoms with Crippen LogP contribution in [0.5, 0.6) is 0 Å². The van der Waals surface area contributed by atoms with Gasteiger partial charge in [-0.25, -0.2) is 9.78 Å². The fraction of sp³-hybridized carbons (Fsp3) is 0.462. The zero-order valence-corrected chi connectivity index (χ0v) is 30.7. The van der Waals surface area contributed by atoms with E-state index in [4.69, 9.17) is 4.98 Å². The number of imide groups is 1. The predicted octanol–water partition coefficient (Wildman–Crippen LogP) is 3.66. The molecule has 3 amide bonds. The van der Waals surface area contributed by atoms with Crippen molar-refractivity contribution in [1.29, 1.82) is 0 Å². The molecule has 4 fully saturated rings. The molecule has 53 heavy (non-hydrogen) atoms. The van der Waals surface area contributed by atoms with Crippen molar-refractivity contribution in [2.45, 2.75) is 50.7 Å². The Labute approximate surface area is 309 Å². The second kappa shape index (κ2) is 12.3. The summed E-state index contributed by atoms with van der Waals surface area (Å²) in [6, 6.07) is 14.6. The van der Waals surface area contributed by atoms with E-state index in [1.54, 1.807) is 27.5 Å². The van der Waals surface area contributed by atoms with Crippen molar-refractivity contribution in [2.75, 3.05) is 60.9 Å². The number of anilines is 3. The normalized spacial score (nSPS) is 26.5. The summed E-state index contributed by atoms with van der Waals surface area (Å²) in [6.07, 6.45) is 2.97. The van der Waals surface area contributed by atoms with E-state index in [1.807, 2.05) is 13.0 Å². The maximum atomic E-state index is 13.3. The van der Waals surface area contributed by atoms with Crippen molar-refractivity contribution < 1.29 is 14.4 Å². The van der Waals surface area contributed by atoms with Crippen LogP contribution in [0.4, 0.5) is 17.2 Å². The lowest BCUT2D eigenvalue weighted by atomic mass is 10.0. The molecule has 0 bridgehead atoms. The van der Waals surface area contributed by atoms with Gasteiger partial charge in [-0.2, -0.15) is 0 Å². The molecule has 0 radical (unpaired) electrons. The number of hydrogen-bond acceptors (Lipinski definition) is 10. The molecule has 1 saturated carbocycles. The minimum absolute atomic E-state index is 0.00930. The highest BCUT2D eigenvalue weighted by Gasteiger charge is 2.43. The largest absolute Gasteiger partial charge is 0.381 e. The Bertz CT molecular complexity index is 2390. The van der Waals surface area contributed by atoms with Crippen molar-refractivity contribution >= 4 is 78.3 Å². The number of fused-ring (bicyclic) bond motifs is 7. The molecule has 4 aliphatic heterocycles. The number of aromatic nitrogens is 3. The summed E-state index contributed by atoms with van der Waals surface area (Å²) >= 11 is 1.54. The van der Waals surface area contributed by atoms with E-state index in [0.717, 1.165) is 93.4 Å². The number of piperidine rings is 1. The number of piperazine rings is 1. The molecule has 1 aliphatic carbocycles. The number of rotatable bonds is 4. The van der Waals surface area contributed by atoms with E-state index >= 15 is 0 Å². The number of aryl methyl sites for hydroxylation is 1. The maximum Gasteiger partial charge on any atom is 0.329 e. The fourth-order valence-electron chi connectivity index (χ4n) is 9.76. The van der Waals surface area contributed by atoms with E-state index in [9.17, 15) is 19.2 Å². The van der Waals surface area contributed by atoms with Gasteiger partial charge < -0.3 is 20.4 Å². The molecule has 5 atom stereocenters. The molecule has 274 valence electrons. The van der Waals surface area contributed by atoms with E-state index in [2.05, 4.69) is 67.0 Å². The van der Waals surface area contributed by atoms with Crippen LogP contribution in [0.1, 0.15) is 48.3 Å². The van der Waals surface area contributed by atoms with E-state index in [0.29, 0.717) is 30.8 Å². The zero-order chi connectivity index (χ0) is 36.1. The number of imidazole rings is 1. The molecule has 14 heteroatoms. The van der Waals surface area contributed by atoms with Crippen LogP contribution in [0.3, 0.4) is 0 Å². The molecule has 1 unspecified atom stereocenters. The molecule has 5 aliphatic rings. The van der Waals surface area contributed by atoms with Gasteiger partial charge in [0, 0.05) is 92.5 Å². The molecule has 0 spiro atoms. The average Bonchev–Trinajstić information content (AvgIpc) is 3.89. The summed E-state index contributed by atoms with van der Waals surface area (Å²) in [4.78, 5) is 63.9. The Morgan fingerprint density at radius 1 is 0.887 bits per heavy atom. The smallest absolute Gasteiger partial charge is 0.329 e. The highest BCUT2D eigenvalue weighted by Crippen LogP contribution is 2.43. The zero-order valence-electron chi connectivity index (χ0n) is 29.9. The van der Waals surface area contributed by atoms with Crippen molar-refractivity contribution in [3.63, 3.8) is 0 Å². The third-order valence-corrected chi connectivity index (χ3v) is 13.7. The number of benzene rings is 2. The molecular weight excluding hydrogens is 691 g/mol. The number of amides is 3. The van der Waals surface area contributed by atoms with Crippen LogP contribution in [0.25, 0.3) is 32.0 Å². The monoisotopic (exact) mass is 733 g/mol. The summed E-state index contributed by atoms with van der Waals surface area (Å²) in [6.45, 7) is 8.68. The fourth-order valence-corrected chi connectivity index (χ4v) is 10.9. The average molecular weight is 734 g/mol. The number of pyridine rings is 1. The number of nitrogens with one attached hydrogen (secondary N) is 3. The number of thiophene rings is 1. The third-order valence-electron chi connectivity index (χ3n) is 12.5. The van der Waals surface area contributed by atoms with Crippen molar-refractivity contribution in [2.24, 2.45) is 18.9 Å². The maximum absolute atomic E-state index is 13.3. The molecule has 5 aromatic rings. The molecular formula is C39H43N9O4S. The topological polar surface area (TPSA) is 137 Å². The Kier molecular flexibility index (Phi) is 7.59. The van der Waals surface area contributed by atoms with Crippen LogP contribution < -0.4 is 31.4 Å². The molecule has 3 N–H and O–H groups in total. The van der Waals surface area contributed by atoms with Gasteiger partial charge >= 0.3 is 5.69 Å². The van der Waals surface area contributed by atoms with Gasteiger partial charge in [-0.05, 0) is 80.5 Å². The minimum atomic E-state index is -0.676. The molecule has 3 aromatic heterocycles. The van der Waals surface area contributed by atoms with Crippen LogP contribution in [0, 0.1) is 11.8 Å². The number of hydrogen-bond donors (Lipinski definition) is 3. The number of carbonyl (C=O) groups is 3. The quantitative estimate of drug-likeness (QED) is 0.237. The van der Waals surface area contributed by atoms with Crippen LogP contribution in [-0.4, -0.2) is 94.6 Å². The predicted molar refractivity (Wildman–Crippen MR) is 207 cm³/mol. The number of nitrogens with zero attached hydrogens (tertiary/aromatic N) is 6. The minimum Gasteiger partial charge on any atom is -0.381 e. The molecule has 10 rings (SSSR count). The Balaban J connectivity index is 0.790. The van der Waals surface area contributed by atoms with Gasteiger partial charge in [0.1, 0.15) is 16.7 Å². The first kappa shape index (κ1) is 32.7. The van der Waals surface area contributed by atoms with Crippen LogP contribution >= 0.6 is 11.3 Å². The molecule has 13 nitrogen and oxygen atoms in total. The Morgan fingerprint density at radius 3 is 2.45 bits per heavy atom. The third kappa shape index (κ3) is 5.31. The summed E-state index contributed by atoms with van der Waals surface area (Å²) in [5, 5.41) is 11.2. The lowest BCUT2D eigenvalue weighted by molar-refractivity contribution is -0.135. The van der Waals surface area contributed by atoms with Crippen molar-refractivity contribution in [3.05, 3.63) is 57.8 Å². The first-order valence-electron chi connectivity index (χ1n) is 18.9. The lowest BCUT2D eigenvalue weighted by Gasteiger charge is -2.39. The first-order chi connectivity index (χ1) is 25.7. The first-order valence-corrected chi connectivity index (χ1v) is 19.7. The van der Waals surface area contributed by atoms with Crippen molar-refractivity contribution in [1.82, 2.24) is 29.7 Å². The van der Waals surface area contributed by atoms with Crippen molar-refractivity contribution in [3.8, 4) is 0 Å². The Hall–Kier alpha value is -4.95. The van der Waals surface area contributed by atoms with Gasteiger partial charge in [0.05, 0.1) is 22.2 Å². The second-order valence-electron chi connectivity index (χ2n) is 15.7. The Morgan fingerprint density at radius 2 is 1.68 bits per heavy atom. The van der Waals surface area contributed by atoms with Gasteiger partial charge in [0.2, 0.25) is 11.8 Å². The highest BCUT2D eigenvalue weighted by atomic mass is 32.1. The standard InChI is InChI=1S/C39H43N9O4S/c1-21-18-40-35-34-26-4-9-32(42-27(26)5-8-31(34)53-36(35)38(51)41-21)46-13-11-45(12-14-46)25-15-22-19-47(20-23(22)16-25)24-3-6-28-30(17-24)44(2)39(52)48(28)29-7-10-33(49)43-37(29)50/h3-6,8-9,17,21-23,25,29,40H,7,10-16,18-20H2,1-2H3,(H,41,51)(H,43,49,50)/t21-,22-,23+,25+,29?/m1/s1. The number of carbonyl (C=O) groups excluding carboxylic acids is 3. The van der Waals surface area contributed by atoms with Gasteiger partial charge in [0.15, 0.2) is 0 Å². The molecule has 3 saturated heterocycles. The molecule has 7 heterocycles. The van der Waals surface area contributed by atoms with E-state index in [1.165, 1.54) is 12.8 Å². The highest BCUT2D eigenvalue weighted by molar-refractivity contribution is 7.21. The molecule has 2 aromatic carbocycles. The van der Waals surface area contributed by atoms with Gasteiger partial charge in [-0.15, -0.1) is 11.3 Å².